The van der Waals surface area contributed by atoms with E-state index in [9.17, 15) is 4.79 Å². The van der Waals surface area contributed by atoms with Crippen LogP contribution in [0.5, 0.6) is 0 Å². The molecule has 0 aliphatic heterocycles. The zero-order chi connectivity index (χ0) is 11.4. The van der Waals surface area contributed by atoms with E-state index in [4.69, 9.17) is 4.74 Å². The minimum Gasteiger partial charge on any atom is -0.458 e. The monoisotopic (exact) mass is 208 g/mol. The molecule has 0 amide bonds. The lowest BCUT2D eigenvalue weighted by molar-refractivity contribution is -0.147. The molecule has 0 saturated carbocycles. The first-order chi connectivity index (χ1) is 7.04. The normalized spacial score (nSPS) is 25.7. The quantitative estimate of drug-likeness (QED) is 0.525. The summed E-state index contributed by atoms with van der Waals surface area (Å²) in [6.45, 7) is 9.86. The SMILES string of the molecule is C=C(C)[C@H]1CC=C(C)[C@H](OC(=O)CC)C1. The van der Waals surface area contributed by atoms with Crippen molar-refractivity contribution >= 4 is 5.97 Å². The molecule has 0 unspecified atom stereocenters. The van der Waals surface area contributed by atoms with Gasteiger partial charge in [-0.05, 0) is 38.2 Å². The lowest BCUT2D eigenvalue weighted by Crippen LogP contribution is -2.25. The van der Waals surface area contributed by atoms with E-state index < -0.39 is 0 Å². The summed E-state index contributed by atoms with van der Waals surface area (Å²) in [5.41, 5.74) is 2.35. The van der Waals surface area contributed by atoms with Gasteiger partial charge in [-0.25, -0.2) is 0 Å². The van der Waals surface area contributed by atoms with Gasteiger partial charge in [0.05, 0.1) is 0 Å². The second-order valence-electron chi connectivity index (χ2n) is 4.29. The molecular weight excluding hydrogens is 188 g/mol. The maximum absolute atomic E-state index is 11.2. The summed E-state index contributed by atoms with van der Waals surface area (Å²) in [5.74, 6) is 0.346. The molecule has 1 aliphatic carbocycles. The molecule has 1 rings (SSSR count). The average Bonchev–Trinajstić information content (AvgIpc) is 2.20. The lowest BCUT2D eigenvalue weighted by atomic mass is 9.84. The van der Waals surface area contributed by atoms with Crippen LogP contribution < -0.4 is 0 Å². The van der Waals surface area contributed by atoms with E-state index in [1.54, 1.807) is 0 Å². The fourth-order valence-electron chi connectivity index (χ4n) is 1.79. The Bertz CT molecular complexity index is 289. The van der Waals surface area contributed by atoms with Crippen LogP contribution in [-0.4, -0.2) is 12.1 Å². The third-order valence-corrected chi connectivity index (χ3v) is 2.99. The molecule has 0 aromatic carbocycles. The average molecular weight is 208 g/mol. The third kappa shape index (κ3) is 3.22. The van der Waals surface area contributed by atoms with E-state index in [-0.39, 0.29) is 12.1 Å². The van der Waals surface area contributed by atoms with Gasteiger partial charge < -0.3 is 4.74 Å². The highest BCUT2D eigenvalue weighted by Gasteiger charge is 2.24. The van der Waals surface area contributed by atoms with Crippen molar-refractivity contribution in [2.24, 2.45) is 5.92 Å². The highest BCUT2D eigenvalue weighted by atomic mass is 16.5. The second kappa shape index (κ2) is 5.15. The summed E-state index contributed by atoms with van der Waals surface area (Å²) >= 11 is 0. The lowest BCUT2D eigenvalue weighted by Gasteiger charge is -2.28. The Morgan fingerprint density at radius 2 is 2.33 bits per heavy atom. The molecule has 0 fully saturated rings. The Hall–Kier alpha value is -1.05. The van der Waals surface area contributed by atoms with Gasteiger partial charge in [-0.1, -0.05) is 25.2 Å². The summed E-state index contributed by atoms with van der Waals surface area (Å²) in [4.78, 5) is 11.2. The van der Waals surface area contributed by atoms with Gasteiger partial charge in [-0.2, -0.15) is 0 Å². The Balaban J connectivity index is 2.63. The van der Waals surface area contributed by atoms with Crippen molar-refractivity contribution in [3.05, 3.63) is 23.8 Å². The highest BCUT2D eigenvalue weighted by molar-refractivity contribution is 5.69. The highest BCUT2D eigenvalue weighted by Crippen LogP contribution is 2.30. The van der Waals surface area contributed by atoms with E-state index >= 15 is 0 Å². The molecular formula is C13H20O2. The first kappa shape index (κ1) is 12.0. The summed E-state index contributed by atoms with van der Waals surface area (Å²) in [7, 11) is 0. The minimum atomic E-state index is -0.116. The maximum Gasteiger partial charge on any atom is 0.306 e. The second-order valence-corrected chi connectivity index (χ2v) is 4.29. The molecule has 0 aromatic rings. The molecule has 84 valence electrons. The Morgan fingerprint density at radius 1 is 1.67 bits per heavy atom. The molecule has 0 heterocycles. The first-order valence-corrected chi connectivity index (χ1v) is 5.56. The summed E-state index contributed by atoms with van der Waals surface area (Å²) in [5, 5.41) is 0. The molecule has 0 N–H and O–H groups in total. The zero-order valence-electron chi connectivity index (χ0n) is 9.88. The molecule has 2 atom stereocenters. The molecule has 2 heteroatoms. The minimum absolute atomic E-state index is 0.0344. The van der Waals surface area contributed by atoms with Crippen molar-refractivity contribution in [1.29, 1.82) is 0 Å². The fraction of sp³-hybridized carbons (Fsp3) is 0.615. The Labute approximate surface area is 92.0 Å². The first-order valence-electron chi connectivity index (χ1n) is 5.56. The summed E-state index contributed by atoms with van der Waals surface area (Å²) in [6.07, 6.45) is 4.50. The van der Waals surface area contributed by atoms with Crippen LogP contribution in [0.15, 0.2) is 23.8 Å². The van der Waals surface area contributed by atoms with Crippen molar-refractivity contribution < 1.29 is 9.53 Å². The molecule has 2 nitrogen and oxygen atoms in total. The number of ether oxygens (including phenoxy) is 1. The fourth-order valence-corrected chi connectivity index (χ4v) is 1.79. The van der Waals surface area contributed by atoms with E-state index in [0.29, 0.717) is 12.3 Å². The van der Waals surface area contributed by atoms with Gasteiger partial charge in [-0.3, -0.25) is 4.79 Å². The predicted molar refractivity (Wildman–Crippen MR) is 61.5 cm³/mol. The number of hydrogen-bond acceptors (Lipinski definition) is 2. The molecule has 15 heavy (non-hydrogen) atoms. The van der Waals surface area contributed by atoms with Crippen LogP contribution in [0.2, 0.25) is 0 Å². The van der Waals surface area contributed by atoms with Crippen LogP contribution >= 0.6 is 0 Å². The van der Waals surface area contributed by atoms with Crippen molar-refractivity contribution in [2.75, 3.05) is 0 Å². The topological polar surface area (TPSA) is 26.3 Å². The molecule has 0 aromatic heterocycles. The van der Waals surface area contributed by atoms with Crippen LogP contribution in [0.4, 0.5) is 0 Å². The van der Waals surface area contributed by atoms with Gasteiger partial charge in [0.1, 0.15) is 6.10 Å². The molecule has 0 radical (unpaired) electrons. The van der Waals surface area contributed by atoms with Gasteiger partial charge in [0.25, 0.3) is 0 Å². The number of allylic oxidation sites excluding steroid dienone is 2. The van der Waals surface area contributed by atoms with E-state index in [1.165, 1.54) is 11.1 Å². The summed E-state index contributed by atoms with van der Waals surface area (Å²) < 4.78 is 5.38. The molecule has 0 bridgehead atoms. The van der Waals surface area contributed by atoms with Crippen LogP contribution in [0.1, 0.15) is 40.0 Å². The number of rotatable bonds is 3. The maximum atomic E-state index is 11.2. The Kier molecular flexibility index (Phi) is 4.13. The van der Waals surface area contributed by atoms with Crippen LogP contribution in [0.25, 0.3) is 0 Å². The van der Waals surface area contributed by atoms with Crippen LogP contribution in [-0.2, 0) is 9.53 Å². The van der Waals surface area contributed by atoms with Crippen LogP contribution in [0, 0.1) is 5.92 Å². The van der Waals surface area contributed by atoms with Gasteiger partial charge >= 0.3 is 5.97 Å². The standard InChI is InChI=1S/C13H20O2/c1-5-13(14)15-12-8-11(9(2)3)7-6-10(12)4/h6,11-12H,2,5,7-8H2,1,3-4H3/t11-,12+/m0/s1. The van der Waals surface area contributed by atoms with Gasteiger partial charge in [0.15, 0.2) is 0 Å². The predicted octanol–water partition coefficient (Wildman–Crippen LogP) is 3.24. The summed E-state index contributed by atoms with van der Waals surface area (Å²) in [6, 6.07) is 0. The van der Waals surface area contributed by atoms with Crippen molar-refractivity contribution in [2.45, 2.75) is 46.1 Å². The largest absolute Gasteiger partial charge is 0.458 e. The van der Waals surface area contributed by atoms with Crippen molar-refractivity contribution in [1.82, 2.24) is 0 Å². The number of carbonyl (C=O) groups excluding carboxylic acids is 1. The van der Waals surface area contributed by atoms with Crippen molar-refractivity contribution in [3.63, 3.8) is 0 Å². The molecule has 1 aliphatic rings. The number of carbonyl (C=O) groups is 1. The van der Waals surface area contributed by atoms with Gasteiger partial charge in [0.2, 0.25) is 0 Å². The molecule has 0 saturated heterocycles. The molecule has 0 spiro atoms. The van der Waals surface area contributed by atoms with E-state index in [2.05, 4.69) is 12.7 Å². The third-order valence-electron chi connectivity index (χ3n) is 2.99. The van der Waals surface area contributed by atoms with E-state index in [0.717, 1.165) is 12.8 Å². The smallest absolute Gasteiger partial charge is 0.306 e. The van der Waals surface area contributed by atoms with Gasteiger partial charge in [0, 0.05) is 6.42 Å². The van der Waals surface area contributed by atoms with E-state index in [1.807, 2.05) is 20.8 Å². The number of hydrogen-bond donors (Lipinski definition) is 0. The van der Waals surface area contributed by atoms with Gasteiger partial charge in [-0.15, -0.1) is 0 Å². The Morgan fingerprint density at radius 3 is 2.87 bits per heavy atom. The van der Waals surface area contributed by atoms with Crippen molar-refractivity contribution in [3.8, 4) is 0 Å². The number of esters is 1. The van der Waals surface area contributed by atoms with Crippen LogP contribution in [0.3, 0.4) is 0 Å². The zero-order valence-corrected chi connectivity index (χ0v) is 9.88.